The lowest BCUT2D eigenvalue weighted by Gasteiger charge is -2.27. The van der Waals surface area contributed by atoms with Gasteiger partial charge in [-0.1, -0.05) is 161 Å². The lowest BCUT2D eigenvalue weighted by molar-refractivity contribution is -0.145. The fourth-order valence-corrected chi connectivity index (χ4v) is 7.86. The van der Waals surface area contributed by atoms with Gasteiger partial charge in [-0.05, 0) is 82.4 Å². The average Bonchev–Trinajstić information content (AvgIpc) is 3.28. The monoisotopic (exact) mass is 889 g/mol. The van der Waals surface area contributed by atoms with Gasteiger partial charge >= 0.3 is 18.1 Å². The highest BCUT2D eigenvalue weighted by Crippen LogP contribution is 2.20. The van der Waals surface area contributed by atoms with E-state index in [2.05, 4.69) is 56.6 Å². The van der Waals surface area contributed by atoms with Crippen molar-refractivity contribution < 1.29 is 38.1 Å². The standard InChI is InChI=1S/C53H96N2O8/c1-6-11-15-17-18-19-26-36-51(56)60-44-41-55(40-39-54(10-5)38-27-28-43-59-46-48-32-23-20-24-33-48)42-45-61-53(58)63-50(34-25-16-12-7-2)35-29-37-52(57)62-47-49(30-21-13-8-3)31-22-14-9-4/h20,23-24,32-33,49-50H,6-19,21-22,25-31,34-47H2,1-5H3. The molecule has 0 amide bonds. The molecule has 0 aliphatic carbocycles. The fraction of sp³-hybridized carbons (Fsp3) is 0.830. The molecule has 10 heteroatoms. The highest BCUT2D eigenvalue weighted by molar-refractivity contribution is 5.69. The van der Waals surface area contributed by atoms with Crippen LogP contribution >= 0.6 is 0 Å². The van der Waals surface area contributed by atoms with Gasteiger partial charge in [0.05, 0.1) is 13.2 Å². The van der Waals surface area contributed by atoms with Gasteiger partial charge in [-0.15, -0.1) is 0 Å². The molecule has 63 heavy (non-hydrogen) atoms. The molecule has 0 heterocycles. The molecule has 1 unspecified atom stereocenters. The molecule has 0 saturated heterocycles. The molecule has 0 spiro atoms. The van der Waals surface area contributed by atoms with Crippen molar-refractivity contribution in [3.05, 3.63) is 35.9 Å². The van der Waals surface area contributed by atoms with Crippen LogP contribution in [0.15, 0.2) is 30.3 Å². The van der Waals surface area contributed by atoms with Crippen LogP contribution in [0.5, 0.6) is 0 Å². The first-order chi connectivity index (χ1) is 30.8. The Morgan fingerprint density at radius 3 is 1.70 bits per heavy atom. The summed E-state index contributed by atoms with van der Waals surface area (Å²) in [4.78, 5) is 43.0. The molecular formula is C53H96N2O8. The van der Waals surface area contributed by atoms with E-state index in [0.717, 1.165) is 103 Å². The van der Waals surface area contributed by atoms with Crippen molar-refractivity contribution in [3.8, 4) is 0 Å². The molecule has 1 rings (SSSR count). The minimum absolute atomic E-state index is 0.139. The van der Waals surface area contributed by atoms with Gasteiger partial charge in [-0.25, -0.2) is 4.79 Å². The zero-order valence-electron chi connectivity index (χ0n) is 41.4. The SMILES string of the molecule is CCCCCCCCCC(=O)OCCN(CCOC(=O)OC(CCCCCC)CCCC(=O)OCC(CCCCC)CCCCC)CCN(CC)CCCCOCc1ccccc1. The number of carbonyl (C=O) groups is 3. The Hall–Kier alpha value is -2.69. The molecule has 1 atom stereocenters. The van der Waals surface area contributed by atoms with Gasteiger partial charge in [0.1, 0.15) is 19.3 Å². The summed E-state index contributed by atoms with van der Waals surface area (Å²) in [5.74, 6) is 0.144. The van der Waals surface area contributed by atoms with Crippen LogP contribution in [0, 0.1) is 5.92 Å². The molecular weight excluding hydrogens is 793 g/mol. The van der Waals surface area contributed by atoms with Crippen LogP contribution in [0.25, 0.3) is 0 Å². The Kier molecular flexibility index (Phi) is 40.0. The summed E-state index contributed by atoms with van der Waals surface area (Å²) in [6.45, 7) is 18.0. The maximum atomic E-state index is 13.1. The molecule has 0 aliphatic heterocycles. The molecule has 0 radical (unpaired) electrons. The topological polar surface area (TPSA) is 104 Å². The molecule has 1 aromatic carbocycles. The summed E-state index contributed by atoms with van der Waals surface area (Å²) in [6.07, 6.45) is 25.8. The van der Waals surface area contributed by atoms with Crippen LogP contribution in [0.4, 0.5) is 4.79 Å². The number of ether oxygens (including phenoxy) is 5. The smallest absolute Gasteiger partial charge is 0.465 e. The van der Waals surface area contributed by atoms with Crippen molar-refractivity contribution >= 4 is 18.1 Å². The van der Waals surface area contributed by atoms with E-state index in [9.17, 15) is 14.4 Å². The normalized spacial score (nSPS) is 12.0. The second-order valence-electron chi connectivity index (χ2n) is 17.7. The van der Waals surface area contributed by atoms with Gasteiger partial charge in [-0.2, -0.15) is 0 Å². The molecule has 0 fully saturated rings. The highest BCUT2D eigenvalue weighted by Gasteiger charge is 2.19. The van der Waals surface area contributed by atoms with Gasteiger partial charge < -0.3 is 28.6 Å². The second kappa shape index (κ2) is 43.2. The van der Waals surface area contributed by atoms with Crippen LogP contribution in [-0.4, -0.2) is 99.7 Å². The number of esters is 2. The van der Waals surface area contributed by atoms with Gasteiger partial charge in [0, 0.05) is 45.6 Å². The van der Waals surface area contributed by atoms with Crippen molar-refractivity contribution in [2.45, 2.75) is 214 Å². The number of unbranched alkanes of at least 4 members (excludes halogenated alkanes) is 14. The zero-order valence-corrected chi connectivity index (χ0v) is 41.4. The Bertz CT molecular complexity index is 1180. The van der Waals surface area contributed by atoms with E-state index < -0.39 is 6.16 Å². The van der Waals surface area contributed by atoms with Gasteiger partial charge in [0.2, 0.25) is 0 Å². The molecule has 0 bridgehead atoms. The minimum atomic E-state index is -0.661. The molecule has 0 saturated carbocycles. The maximum absolute atomic E-state index is 13.1. The fourth-order valence-electron chi connectivity index (χ4n) is 7.86. The Morgan fingerprint density at radius 1 is 0.492 bits per heavy atom. The van der Waals surface area contributed by atoms with Crippen LogP contribution in [0.3, 0.4) is 0 Å². The number of hydrogen-bond donors (Lipinski definition) is 0. The first kappa shape index (κ1) is 58.3. The third kappa shape index (κ3) is 36.2. The first-order valence-corrected chi connectivity index (χ1v) is 26.1. The van der Waals surface area contributed by atoms with Crippen molar-refractivity contribution in [2.24, 2.45) is 5.92 Å². The predicted molar refractivity (Wildman–Crippen MR) is 259 cm³/mol. The van der Waals surface area contributed by atoms with E-state index >= 15 is 0 Å². The number of likely N-dealkylation sites (N-methyl/N-ethyl adjacent to an activating group) is 1. The number of benzene rings is 1. The number of hydrogen-bond acceptors (Lipinski definition) is 10. The summed E-state index contributed by atoms with van der Waals surface area (Å²) in [5.41, 5.74) is 1.19. The molecule has 1 aromatic rings. The Morgan fingerprint density at radius 2 is 1.03 bits per heavy atom. The summed E-state index contributed by atoms with van der Waals surface area (Å²) >= 11 is 0. The van der Waals surface area contributed by atoms with Crippen molar-refractivity contribution in [1.82, 2.24) is 9.80 Å². The van der Waals surface area contributed by atoms with Crippen molar-refractivity contribution in [1.29, 1.82) is 0 Å². The lowest BCUT2D eigenvalue weighted by atomic mass is 9.96. The number of rotatable bonds is 45. The second-order valence-corrected chi connectivity index (χ2v) is 17.7. The quantitative estimate of drug-likeness (QED) is 0.0357. The van der Waals surface area contributed by atoms with Crippen molar-refractivity contribution in [3.63, 3.8) is 0 Å². The van der Waals surface area contributed by atoms with Gasteiger partial charge in [-0.3, -0.25) is 14.5 Å². The third-order valence-corrected chi connectivity index (χ3v) is 12.0. The zero-order chi connectivity index (χ0) is 45.9. The third-order valence-electron chi connectivity index (χ3n) is 12.0. The minimum Gasteiger partial charge on any atom is -0.465 e. The number of nitrogens with zero attached hydrogens (tertiary/aromatic N) is 2. The van der Waals surface area contributed by atoms with E-state index in [1.807, 2.05) is 18.2 Å². The molecule has 0 N–H and O–H groups in total. The van der Waals surface area contributed by atoms with E-state index in [0.29, 0.717) is 64.5 Å². The maximum Gasteiger partial charge on any atom is 0.508 e. The van der Waals surface area contributed by atoms with Crippen LogP contribution in [-0.2, 0) is 39.9 Å². The summed E-state index contributed by atoms with van der Waals surface area (Å²) in [7, 11) is 0. The van der Waals surface area contributed by atoms with Crippen LogP contribution in [0.1, 0.15) is 207 Å². The highest BCUT2D eigenvalue weighted by atomic mass is 16.7. The Balaban J connectivity index is 2.66. The van der Waals surface area contributed by atoms with Crippen LogP contribution in [0.2, 0.25) is 0 Å². The predicted octanol–water partition coefficient (Wildman–Crippen LogP) is 13.3. The Labute approximate surface area is 386 Å². The van der Waals surface area contributed by atoms with E-state index in [-0.39, 0.29) is 24.6 Å². The summed E-state index contributed by atoms with van der Waals surface area (Å²) in [6, 6.07) is 10.3. The van der Waals surface area contributed by atoms with E-state index in [1.54, 1.807) is 0 Å². The van der Waals surface area contributed by atoms with E-state index in [1.165, 1.54) is 76.2 Å². The van der Waals surface area contributed by atoms with Gasteiger partial charge in [0.15, 0.2) is 0 Å². The average molecular weight is 889 g/mol. The molecule has 0 aromatic heterocycles. The van der Waals surface area contributed by atoms with Crippen LogP contribution < -0.4 is 0 Å². The lowest BCUT2D eigenvalue weighted by Crippen LogP contribution is -2.39. The molecule has 0 aliphatic rings. The van der Waals surface area contributed by atoms with Gasteiger partial charge in [0.25, 0.3) is 0 Å². The van der Waals surface area contributed by atoms with E-state index in [4.69, 9.17) is 23.7 Å². The number of carbonyl (C=O) groups excluding carboxylic acids is 3. The molecule has 366 valence electrons. The summed E-state index contributed by atoms with van der Waals surface area (Å²) in [5, 5.41) is 0. The largest absolute Gasteiger partial charge is 0.508 e. The first-order valence-electron chi connectivity index (χ1n) is 26.1. The van der Waals surface area contributed by atoms with Crippen molar-refractivity contribution in [2.75, 3.05) is 65.7 Å². The molecule has 10 nitrogen and oxygen atoms in total. The summed E-state index contributed by atoms with van der Waals surface area (Å²) < 4.78 is 28.9.